The molecule has 5 rings (SSSR count). The van der Waals surface area contributed by atoms with Crippen LogP contribution in [0.1, 0.15) is 45.0 Å². The van der Waals surface area contributed by atoms with E-state index in [4.69, 9.17) is 21.1 Å². The maximum atomic E-state index is 15.1. The number of halogens is 2. The molecular formula is C29H35ClFN5O6. The topological polar surface area (TPSA) is 116 Å². The Morgan fingerprint density at radius 1 is 1.19 bits per heavy atom. The van der Waals surface area contributed by atoms with Crippen molar-refractivity contribution in [3.05, 3.63) is 34.6 Å². The number of ether oxygens (including phenoxy) is 2. The SMILES string of the molecule is CCN1C[C@H](C)N(c2nc(-c3c(O)cccc3F)c(Cl)c3c2C(=O)N2CCN(C(=O)OC(C)(C)C)C[C@@H]2CO3)CC1=O. The monoisotopic (exact) mass is 603 g/mol. The molecule has 3 aliphatic heterocycles. The smallest absolute Gasteiger partial charge is 0.410 e. The van der Waals surface area contributed by atoms with E-state index in [0.717, 1.165) is 0 Å². The van der Waals surface area contributed by atoms with Crippen LogP contribution in [0, 0.1) is 5.82 Å². The molecule has 3 aliphatic rings. The third-order valence-corrected chi connectivity index (χ3v) is 8.01. The van der Waals surface area contributed by atoms with Crippen molar-refractivity contribution in [1.29, 1.82) is 0 Å². The zero-order valence-corrected chi connectivity index (χ0v) is 25.1. The summed E-state index contributed by atoms with van der Waals surface area (Å²) in [5.74, 6) is -1.63. The number of phenolic OH excluding ortho intramolecular Hbond substituents is 1. The number of benzene rings is 1. The molecule has 0 radical (unpaired) electrons. The van der Waals surface area contributed by atoms with Crippen LogP contribution in [-0.4, -0.2) is 106 Å². The average molecular weight is 604 g/mol. The summed E-state index contributed by atoms with van der Waals surface area (Å²) >= 11 is 6.80. The maximum absolute atomic E-state index is 15.1. The molecule has 3 amide bonds. The highest BCUT2D eigenvalue weighted by Gasteiger charge is 2.43. The summed E-state index contributed by atoms with van der Waals surface area (Å²) < 4.78 is 26.8. The summed E-state index contributed by atoms with van der Waals surface area (Å²) in [6, 6.07) is 3.05. The predicted octanol–water partition coefficient (Wildman–Crippen LogP) is 3.76. The highest BCUT2D eigenvalue weighted by molar-refractivity contribution is 6.35. The van der Waals surface area contributed by atoms with Gasteiger partial charge in [-0.25, -0.2) is 14.2 Å². The van der Waals surface area contributed by atoms with Gasteiger partial charge in [0.05, 0.1) is 18.2 Å². The molecule has 0 aliphatic carbocycles. The number of phenols is 1. The van der Waals surface area contributed by atoms with E-state index in [1.807, 2.05) is 13.8 Å². The number of carbonyl (C=O) groups excluding carboxylic acids is 3. The van der Waals surface area contributed by atoms with Crippen LogP contribution in [0.25, 0.3) is 11.3 Å². The second-order valence-corrected chi connectivity index (χ2v) is 12.1. The second kappa shape index (κ2) is 11.1. The van der Waals surface area contributed by atoms with Crippen LogP contribution < -0.4 is 9.64 Å². The van der Waals surface area contributed by atoms with E-state index in [9.17, 15) is 19.5 Å². The maximum Gasteiger partial charge on any atom is 0.410 e. The Morgan fingerprint density at radius 2 is 1.93 bits per heavy atom. The first-order valence-electron chi connectivity index (χ1n) is 14.0. The quantitative estimate of drug-likeness (QED) is 0.564. The van der Waals surface area contributed by atoms with E-state index in [-0.39, 0.29) is 83.9 Å². The van der Waals surface area contributed by atoms with E-state index in [1.54, 1.807) is 35.5 Å². The minimum Gasteiger partial charge on any atom is -0.507 e. The molecule has 2 aromatic rings. The number of pyridine rings is 1. The molecule has 226 valence electrons. The molecule has 42 heavy (non-hydrogen) atoms. The number of aromatic hydroxyl groups is 1. The summed E-state index contributed by atoms with van der Waals surface area (Å²) in [5, 5.41) is 10.5. The number of fused-ring (bicyclic) bond motifs is 2. The number of likely N-dealkylation sites (N-methyl/N-ethyl adjacent to an activating group) is 1. The van der Waals surface area contributed by atoms with Gasteiger partial charge in [-0.1, -0.05) is 17.7 Å². The highest BCUT2D eigenvalue weighted by Crippen LogP contribution is 2.46. The molecule has 2 atom stereocenters. The summed E-state index contributed by atoms with van der Waals surface area (Å²) in [6.45, 7) is 10.6. The van der Waals surface area contributed by atoms with Crippen LogP contribution in [0.2, 0.25) is 5.02 Å². The van der Waals surface area contributed by atoms with Crippen molar-refractivity contribution < 1.29 is 33.4 Å². The van der Waals surface area contributed by atoms with Gasteiger partial charge in [0.15, 0.2) is 5.75 Å². The van der Waals surface area contributed by atoms with Crippen molar-refractivity contribution in [2.45, 2.75) is 52.3 Å². The van der Waals surface area contributed by atoms with Gasteiger partial charge in [0.2, 0.25) is 5.91 Å². The first-order valence-corrected chi connectivity index (χ1v) is 14.4. The van der Waals surface area contributed by atoms with Crippen molar-refractivity contribution in [1.82, 2.24) is 19.7 Å². The van der Waals surface area contributed by atoms with Crippen LogP contribution in [0.3, 0.4) is 0 Å². The van der Waals surface area contributed by atoms with Crippen molar-refractivity contribution in [2.24, 2.45) is 0 Å². The molecule has 2 fully saturated rings. The van der Waals surface area contributed by atoms with Gasteiger partial charge in [0.1, 0.15) is 45.9 Å². The first-order chi connectivity index (χ1) is 19.8. The van der Waals surface area contributed by atoms with Gasteiger partial charge in [-0.05, 0) is 46.8 Å². The van der Waals surface area contributed by atoms with Gasteiger partial charge in [0.25, 0.3) is 5.91 Å². The van der Waals surface area contributed by atoms with E-state index in [1.165, 1.54) is 23.1 Å². The van der Waals surface area contributed by atoms with E-state index >= 15 is 4.39 Å². The van der Waals surface area contributed by atoms with E-state index in [0.29, 0.717) is 13.1 Å². The van der Waals surface area contributed by atoms with Gasteiger partial charge in [-0.3, -0.25) is 9.59 Å². The van der Waals surface area contributed by atoms with Crippen LogP contribution in [0.5, 0.6) is 11.5 Å². The minimum absolute atomic E-state index is 0.0119. The number of hydrogen-bond donors (Lipinski definition) is 1. The number of carbonyl (C=O) groups is 3. The lowest BCUT2D eigenvalue weighted by molar-refractivity contribution is -0.131. The number of hydrogen-bond acceptors (Lipinski definition) is 8. The Balaban J connectivity index is 1.61. The van der Waals surface area contributed by atoms with Crippen molar-refractivity contribution in [2.75, 3.05) is 50.8 Å². The number of nitrogens with zero attached hydrogens (tertiary/aromatic N) is 5. The number of rotatable bonds is 3. The van der Waals surface area contributed by atoms with Gasteiger partial charge >= 0.3 is 6.09 Å². The molecular weight excluding hydrogens is 569 g/mol. The van der Waals surface area contributed by atoms with Crippen LogP contribution in [0.15, 0.2) is 18.2 Å². The molecule has 1 N–H and O–H groups in total. The number of piperazine rings is 2. The fourth-order valence-electron chi connectivity index (χ4n) is 5.57. The van der Waals surface area contributed by atoms with Gasteiger partial charge in [0, 0.05) is 38.8 Å². The normalized spacial score (nSPS) is 21.0. The number of anilines is 1. The Hall–Kier alpha value is -3.80. The number of amides is 3. The van der Waals surface area contributed by atoms with Crippen molar-refractivity contribution in [3.8, 4) is 22.8 Å². The standard InChI is InChI=1S/C29H35ClFN5O6/c1-6-33-12-16(2)36(14-20(33)38)26-22-25(23(30)24(32-26)21-18(31)8-7-9-19(21)37)41-15-17-13-34(10-11-35(17)27(22)39)28(40)42-29(3,4)5/h7-9,16-17,37H,6,10-15H2,1-5H3/t16-,17+/m0/s1. The Kier molecular flexibility index (Phi) is 7.86. The molecule has 2 saturated heterocycles. The highest BCUT2D eigenvalue weighted by atomic mass is 35.5. The molecule has 13 heteroatoms. The van der Waals surface area contributed by atoms with Crippen molar-refractivity contribution >= 4 is 35.3 Å². The van der Waals surface area contributed by atoms with Crippen LogP contribution in [0.4, 0.5) is 15.0 Å². The lowest BCUT2D eigenvalue weighted by atomic mass is 10.0. The zero-order valence-electron chi connectivity index (χ0n) is 24.3. The first kappa shape index (κ1) is 29.7. The summed E-state index contributed by atoms with van der Waals surface area (Å²) in [4.78, 5) is 51.3. The Morgan fingerprint density at radius 3 is 2.60 bits per heavy atom. The van der Waals surface area contributed by atoms with E-state index < -0.39 is 29.5 Å². The zero-order chi connectivity index (χ0) is 30.5. The number of aromatic nitrogens is 1. The van der Waals surface area contributed by atoms with Gasteiger partial charge in [-0.2, -0.15) is 0 Å². The fraction of sp³-hybridized carbons (Fsp3) is 0.517. The second-order valence-electron chi connectivity index (χ2n) is 11.7. The molecule has 0 saturated carbocycles. The fourth-order valence-corrected chi connectivity index (χ4v) is 5.86. The molecule has 1 aromatic carbocycles. The summed E-state index contributed by atoms with van der Waals surface area (Å²) in [6.07, 6.45) is -0.491. The average Bonchev–Trinajstić information content (AvgIpc) is 3.06. The molecule has 0 unspecified atom stereocenters. The lowest BCUT2D eigenvalue weighted by Crippen LogP contribution is -2.58. The Labute approximate surface area is 248 Å². The van der Waals surface area contributed by atoms with Gasteiger partial charge < -0.3 is 34.2 Å². The summed E-state index contributed by atoms with van der Waals surface area (Å²) in [7, 11) is 0. The summed E-state index contributed by atoms with van der Waals surface area (Å²) in [5.41, 5.74) is -0.982. The molecule has 1 aromatic heterocycles. The van der Waals surface area contributed by atoms with Crippen LogP contribution >= 0.6 is 11.6 Å². The lowest BCUT2D eigenvalue weighted by Gasteiger charge is -2.41. The minimum atomic E-state index is -0.763. The molecule has 4 heterocycles. The van der Waals surface area contributed by atoms with Gasteiger partial charge in [-0.15, -0.1) is 0 Å². The third-order valence-electron chi connectivity index (χ3n) is 7.66. The largest absolute Gasteiger partial charge is 0.507 e. The van der Waals surface area contributed by atoms with Crippen LogP contribution in [-0.2, 0) is 9.53 Å². The Bertz CT molecular complexity index is 1410. The van der Waals surface area contributed by atoms with Crippen molar-refractivity contribution in [3.63, 3.8) is 0 Å². The molecule has 0 spiro atoms. The predicted molar refractivity (Wildman–Crippen MR) is 153 cm³/mol. The van der Waals surface area contributed by atoms with E-state index in [2.05, 4.69) is 4.98 Å². The molecule has 11 nitrogen and oxygen atoms in total. The molecule has 0 bridgehead atoms. The third kappa shape index (κ3) is 5.39.